The molecule has 1 unspecified atom stereocenters. The van der Waals surface area contributed by atoms with Crippen molar-refractivity contribution in [1.29, 1.82) is 0 Å². The fourth-order valence-electron chi connectivity index (χ4n) is 1.37. The van der Waals surface area contributed by atoms with Crippen molar-refractivity contribution in [2.75, 3.05) is 20.8 Å². The minimum absolute atomic E-state index is 0.137. The van der Waals surface area contributed by atoms with E-state index in [0.717, 1.165) is 12.8 Å². The van der Waals surface area contributed by atoms with Crippen LogP contribution in [-0.4, -0.2) is 32.8 Å². The summed E-state index contributed by atoms with van der Waals surface area (Å²) in [6.45, 7) is 0.545. The summed E-state index contributed by atoms with van der Waals surface area (Å²) in [6.07, 6.45) is 1.91. The van der Waals surface area contributed by atoms with Crippen LogP contribution in [0.25, 0.3) is 0 Å². The molecule has 0 heterocycles. The molecule has 0 saturated heterocycles. The molecule has 0 aromatic heterocycles. The summed E-state index contributed by atoms with van der Waals surface area (Å²) in [5.74, 6) is -0.343. The van der Waals surface area contributed by atoms with E-state index in [2.05, 4.69) is 4.74 Å². The molecule has 0 spiro atoms. The fourth-order valence-corrected chi connectivity index (χ4v) is 1.37. The normalized spacial score (nSPS) is 21.6. The highest BCUT2D eigenvalue weighted by Gasteiger charge is 2.51. The summed E-state index contributed by atoms with van der Waals surface area (Å²) in [6, 6.07) is -0.526. The smallest absolute Gasteiger partial charge is 0.323 e. The zero-order valence-corrected chi connectivity index (χ0v) is 7.50. The molecule has 70 valence electrons. The van der Waals surface area contributed by atoms with Crippen molar-refractivity contribution >= 4 is 5.97 Å². The molecule has 0 aromatic carbocycles. The summed E-state index contributed by atoms with van der Waals surface area (Å²) in [5, 5.41) is 0. The van der Waals surface area contributed by atoms with Gasteiger partial charge in [-0.15, -0.1) is 0 Å². The summed E-state index contributed by atoms with van der Waals surface area (Å²) in [4.78, 5) is 11.1. The van der Waals surface area contributed by atoms with E-state index < -0.39 is 6.04 Å². The molecule has 0 aliphatic heterocycles. The highest BCUT2D eigenvalue weighted by atomic mass is 16.5. The Morgan fingerprint density at radius 3 is 2.50 bits per heavy atom. The molecule has 0 bridgehead atoms. The molecule has 0 amide bonds. The first kappa shape index (κ1) is 9.48. The van der Waals surface area contributed by atoms with E-state index in [1.165, 1.54) is 7.11 Å². The Morgan fingerprint density at radius 2 is 2.17 bits per heavy atom. The van der Waals surface area contributed by atoms with E-state index >= 15 is 0 Å². The van der Waals surface area contributed by atoms with Crippen molar-refractivity contribution in [3.63, 3.8) is 0 Å². The van der Waals surface area contributed by atoms with Gasteiger partial charge in [-0.3, -0.25) is 4.79 Å². The van der Waals surface area contributed by atoms with E-state index in [1.807, 2.05) is 0 Å². The van der Waals surface area contributed by atoms with Gasteiger partial charge in [0.25, 0.3) is 0 Å². The maximum absolute atomic E-state index is 11.1. The molecule has 0 radical (unpaired) electrons. The second-order valence-electron chi connectivity index (χ2n) is 3.30. The van der Waals surface area contributed by atoms with Crippen LogP contribution in [0.1, 0.15) is 12.8 Å². The van der Waals surface area contributed by atoms with Gasteiger partial charge >= 0.3 is 5.97 Å². The molecular formula is C8H15NO3. The minimum Gasteiger partial charge on any atom is -0.468 e. The van der Waals surface area contributed by atoms with Crippen molar-refractivity contribution in [1.82, 2.24) is 0 Å². The van der Waals surface area contributed by atoms with Crippen LogP contribution in [0.5, 0.6) is 0 Å². The van der Waals surface area contributed by atoms with E-state index in [1.54, 1.807) is 7.11 Å². The summed E-state index contributed by atoms with van der Waals surface area (Å²) in [7, 11) is 2.97. The van der Waals surface area contributed by atoms with Crippen LogP contribution in [0.4, 0.5) is 0 Å². The van der Waals surface area contributed by atoms with Crippen LogP contribution >= 0.6 is 0 Å². The molecular weight excluding hydrogens is 158 g/mol. The van der Waals surface area contributed by atoms with Crippen LogP contribution in [0.15, 0.2) is 0 Å². The van der Waals surface area contributed by atoms with E-state index in [4.69, 9.17) is 10.5 Å². The zero-order valence-electron chi connectivity index (χ0n) is 7.50. The SMILES string of the molecule is COCC1(C(N)C(=O)OC)CC1. The van der Waals surface area contributed by atoms with E-state index in [0.29, 0.717) is 6.61 Å². The van der Waals surface area contributed by atoms with Gasteiger partial charge in [-0.1, -0.05) is 0 Å². The van der Waals surface area contributed by atoms with Crippen molar-refractivity contribution in [2.45, 2.75) is 18.9 Å². The third-order valence-electron chi connectivity index (χ3n) is 2.44. The predicted octanol–water partition coefficient (Wildman–Crippen LogP) is -0.0867. The fraction of sp³-hybridized carbons (Fsp3) is 0.875. The average Bonchev–Trinajstić information content (AvgIpc) is 2.84. The number of carbonyl (C=O) groups excluding carboxylic acids is 1. The Morgan fingerprint density at radius 1 is 1.58 bits per heavy atom. The number of nitrogens with two attached hydrogens (primary N) is 1. The lowest BCUT2D eigenvalue weighted by atomic mass is 9.98. The van der Waals surface area contributed by atoms with Crippen molar-refractivity contribution in [3.8, 4) is 0 Å². The molecule has 1 fully saturated rings. The highest BCUT2D eigenvalue weighted by Crippen LogP contribution is 2.48. The molecule has 12 heavy (non-hydrogen) atoms. The van der Waals surface area contributed by atoms with Gasteiger partial charge in [0, 0.05) is 12.5 Å². The van der Waals surface area contributed by atoms with Crippen molar-refractivity contribution in [3.05, 3.63) is 0 Å². The van der Waals surface area contributed by atoms with Crippen LogP contribution < -0.4 is 5.73 Å². The number of methoxy groups -OCH3 is 2. The lowest BCUT2D eigenvalue weighted by Crippen LogP contribution is -2.42. The van der Waals surface area contributed by atoms with Crippen molar-refractivity contribution < 1.29 is 14.3 Å². The Labute approximate surface area is 72.0 Å². The molecule has 1 aliphatic carbocycles. The van der Waals surface area contributed by atoms with Crippen LogP contribution in [0.2, 0.25) is 0 Å². The molecule has 1 rings (SSSR count). The third-order valence-corrected chi connectivity index (χ3v) is 2.44. The predicted molar refractivity (Wildman–Crippen MR) is 43.5 cm³/mol. The van der Waals surface area contributed by atoms with E-state index in [-0.39, 0.29) is 11.4 Å². The van der Waals surface area contributed by atoms with Gasteiger partial charge in [-0.05, 0) is 12.8 Å². The maximum atomic E-state index is 11.1. The number of hydrogen-bond donors (Lipinski definition) is 1. The van der Waals surface area contributed by atoms with Crippen LogP contribution in [0.3, 0.4) is 0 Å². The molecule has 1 atom stereocenters. The van der Waals surface area contributed by atoms with Gasteiger partial charge in [0.2, 0.25) is 0 Å². The summed E-state index contributed by atoms with van der Waals surface area (Å²) < 4.78 is 9.56. The number of carbonyl (C=O) groups is 1. The van der Waals surface area contributed by atoms with E-state index in [9.17, 15) is 4.79 Å². The first-order valence-corrected chi connectivity index (χ1v) is 3.98. The second kappa shape index (κ2) is 3.41. The van der Waals surface area contributed by atoms with Gasteiger partial charge in [-0.2, -0.15) is 0 Å². The van der Waals surface area contributed by atoms with Gasteiger partial charge < -0.3 is 15.2 Å². The average molecular weight is 173 g/mol. The molecule has 4 heteroatoms. The molecule has 4 nitrogen and oxygen atoms in total. The lowest BCUT2D eigenvalue weighted by Gasteiger charge is -2.19. The Balaban J connectivity index is 2.50. The summed E-state index contributed by atoms with van der Waals surface area (Å²) >= 11 is 0. The topological polar surface area (TPSA) is 61.5 Å². The Hall–Kier alpha value is -0.610. The maximum Gasteiger partial charge on any atom is 0.323 e. The first-order chi connectivity index (χ1) is 5.66. The summed E-state index contributed by atoms with van der Waals surface area (Å²) in [5.41, 5.74) is 5.56. The minimum atomic E-state index is -0.526. The monoisotopic (exact) mass is 173 g/mol. The largest absolute Gasteiger partial charge is 0.468 e. The van der Waals surface area contributed by atoms with Crippen LogP contribution in [0, 0.1) is 5.41 Å². The van der Waals surface area contributed by atoms with Gasteiger partial charge in [-0.25, -0.2) is 0 Å². The highest BCUT2D eigenvalue weighted by molar-refractivity contribution is 5.77. The number of esters is 1. The first-order valence-electron chi connectivity index (χ1n) is 3.98. The molecule has 0 aromatic rings. The van der Waals surface area contributed by atoms with Gasteiger partial charge in [0.1, 0.15) is 6.04 Å². The second-order valence-corrected chi connectivity index (χ2v) is 3.30. The zero-order chi connectivity index (χ0) is 9.19. The number of rotatable bonds is 4. The number of hydrogen-bond acceptors (Lipinski definition) is 4. The van der Waals surface area contributed by atoms with Gasteiger partial charge in [0.05, 0.1) is 13.7 Å². The quantitative estimate of drug-likeness (QED) is 0.604. The Kier molecular flexibility index (Phi) is 2.69. The number of ether oxygens (including phenoxy) is 2. The molecule has 1 saturated carbocycles. The van der Waals surface area contributed by atoms with Crippen LogP contribution in [-0.2, 0) is 14.3 Å². The molecule has 2 N–H and O–H groups in total. The lowest BCUT2D eigenvalue weighted by molar-refractivity contribution is -0.144. The van der Waals surface area contributed by atoms with Gasteiger partial charge in [0.15, 0.2) is 0 Å². The standard InChI is InChI=1S/C8H15NO3/c1-11-5-8(3-4-8)6(9)7(10)12-2/h6H,3-5,9H2,1-2H3. The molecule has 1 aliphatic rings. The van der Waals surface area contributed by atoms with Crippen molar-refractivity contribution in [2.24, 2.45) is 11.1 Å². The third kappa shape index (κ3) is 1.59. The Bertz CT molecular complexity index is 177.